The molecule has 0 aliphatic heterocycles. The first-order valence-electron chi connectivity index (χ1n) is 9.15. The maximum Gasteiger partial charge on any atom is 0.230 e. The first kappa shape index (κ1) is 19.0. The van der Waals surface area contributed by atoms with Crippen LogP contribution in [0.4, 0.5) is 0 Å². The average molecular weight is 414 g/mol. The van der Waals surface area contributed by atoms with E-state index >= 15 is 0 Å². The number of halogens is 1. The van der Waals surface area contributed by atoms with Crippen molar-refractivity contribution in [2.75, 3.05) is 5.75 Å². The van der Waals surface area contributed by atoms with Crippen LogP contribution in [-0.2, 0) is 4.79 Å². The number of hydrogen-bond acceptors (Lipinski definition) is 5. The summed E-state index contributed by atoms with van der Waals surface area (Å²) in [6, 6.07) is 11.7. The minimum absolute atomic E-state index is 0.0386. The largest absolute Gasteiger partial charge is 0.349 e. The smallest absolute Gasteiger partial charge is 0.230 e. The molecule has 1 aliphatic rings. The molecule has 8 heteroatoms. The van der Waals surface area contributed by atoms with E-state index in [1.165, 1.54) is 11.8 Å². The van der Waals surface area contributed by atoms with Gasteiger partial charge >= 0.3 is 0 Å². The van der Waals surface area contributed by atoms with Gasteiger partial charge in [-0.25, -0.2) is 0 Å². The standard InChI is InChI=1S/C20H20ClN5OS/c1-13(14-2-4-16(21)5-3-14)23-18(27)12-28-20-25-24-19(26(20)17-6-7-17)15-8-10-22-11-9-15/h2-5,8-11,13,17H,6-7,12H2,1H3,(H,23,27)/t13-/m0/s1. The Morgan fingerprint density at radius 3 is 2.61 bits per heavy atom. The molecule has 28 heavy (non-hydrogen) atoms. The van der Waals surface area contributed by atoms with Crippen molar-refractivity contribution in [1.82, 2.24) is 25.1 Å². The highest BCUT2D eigenvalue weighted by atomic mass is 35.5. The molecule has 0 bridgehead atoms. The molecule has 1 aromatic carbocycles. The lowest BCUT2D eigenvalue weighted by molar-refractivity contribution is -0.119. The van der Waals surface area contributed by atoms with Crippen molar-refractivity contribution in [1.29, 1.82) is 0 Å². The maximum absolute atomic E-state index is 12.4. The normalized spacial score (nSPS) is 14.6. The molecule has 4 rings (SSSR count). The van der Waals surface area contributed by atoms with Gasteiger partial charge in [0.1, 0.15) is 0 Å². The third kappa shape index (κ3) is 4.36. The highest BCUT2D eigenvalue weighted by molar-refractivity contribution is 7.99. The lowest BCUT2D eigenvalue weighted by atomic mass is 10.1. The number of carbonyl (C=O) groups excluding carboxylic acids is 1. The number of aromatic nitrogens is 4. The summed E-state index contributed by atoms with van der Waals surface area (Å²) in [5, 5.41) is 13.2. The molecule has 1 N–H and O–H groups in total. The van der Waals surface area contributed by atoms with Gasteiger partial charge in [0.25, 0.3) is 0 Å². The van der Waals surface area contributed by atoms with Crippen molar-refractivity contribution in [3.8, 4) is 11.4 Å². The van der Waals surface area contributed by atoms with Crippen molar-refractivity contribution in [2.45, 2.75) is 37.0 Å². The van der Waals surface area contributed by atoms with Crippen LogP contribution in [0.1, 0.15) is 37.4 Å². The molecule has 0 spiro atoms. The monoisotopic (exact) mass is 413 g/mol. The first-order chi connectivity index (χ1) is 13.6. The maximum atomic E-state index is 12.4. The molecule has 0 unspecified atom stereocenters. The molecule has 144 valence electrons. The zero-order valence-corrected chi connectivity index (χ0v) is 17.0. The Labute approximate surface area is 172 Å². The lowest BCUT2D eigenvalue weighted by Crippen LogP contribution is -2.28. The number of nitrogens with one attached hydrogen (secondary N) is 1. The van der Waals surface area contributed by atoms with Gasteiger partial charge in [0, 0.05) is 29.0 Å². The third-order valence-electron chi connectivity index (χ3n) is 4.59. The number of thioether (sulfide) groups is 1. The van der Waals surface area contributed by atoms with Gasteiger partial charge in [0.2, 0.25) is 5.91 Å². The van der Waals surface area contributed by atoms with E-state index in [1.807, 2.05) is 43.3 Å². The fraction of sp³-hybridized carbons (Fsp3) is 0.300. The van der Waals surface area contributed by atoms with Crippen LogP contribution < -0.4 is 5.32 Å². The van der Waals surface area contributed by atoms with Gasteiger partial charge in [-0.2, -0.15) is 0 Å². The average Bonchev–Trinajstić information content (AvgIpc) is 3.46. The van der Waals surface area contributed by atoms with E-state index in [9.17, 15) is 4.79 Å². The van der Waals surface area contributed by atoms with Gasteiger partial charge in [-0.1, -0.05) is 35.5 Å². The number of rotatable bonds is 7. The SMILES string of the molecule is C[C@H](NC(=O)CSc1nnc(-c2ccncc2)n1C1CC1)c1ccc(Cl)cc1. The van der Waals surface area contributed by atoms with Crippen molar-refractivity contribution >= 4 is 29.3 Å². The number of hydrogen-bond donors (Lipinski definition) is 1. The van der Waals surface area contributed by atoms with Crippen LogP contribution in [0.5, 0.6) is 0 Å². The van der Waals surface area contributed by atoms with Gasteiger partial charge in [-0.05, 0) is 49.6 Å². The van der Waals surface area contributed by atoms with Gasteiger partial charge in [-0.3, -0.25) is 14.3 Å². The first-order valence-corrected chi connectivity index (χ1v) is 10.5. The second-order valence-corrected chi connectivity index (χ2v) is 8.15. The minimum Gasteiger partial charge on any atom is -0.349 e. The van der Waals surface area contributed by atoms with Crippen LogP contribution in [0.25, 0.3) is 11.4 Å². The molecule has 3 aromatic rings. The second-order valence-electron chi connectivity index (χ2n) is 6.77. The fourth-order valence-corrected chi connectivity index (χ4v) is 3.93. The lowest BCUT2D eigenvalue weighted by Gasteiger charge is -2.14. The minimum atomic E-state index is -0.0842. The van der Waals surface area contributed by atoms with E-state index in [-0.39, 0.29) is 11.9 Å². The summed E-state index contributed by atoms with van der Waals surface area (Å²) in [4.78, 5) is 16.5. The summed E-state index contributed by atoms with van der Waals surface area (Å²) >= 11 is 7.34. The zero-order valence-electron chi connectivity index (χ0n) is 15.4. The van der Waals surface area contributed by atoms with Crippen LogP contribution in [0.3, 0.4) is 0 Å². The van der Waals surface area contributed by atoms with E-state index in [4.69, 9.17) is 11.6 Å². The number of benzene rings is 1. The van der Waals surface area contributed by atoms with Crippen LogP contribution >= 0.6 is 23.4 Å². The van der Waals surface area contributed by atoms with E-state index in [2.05, 4.69) is 25.1 Å². The molecule has 2 aromatic heterocycles. The molecule has 0 radical (unpaired) electrons. The Morgan fingerprint density at radius 1 is 1.21 bits per heavy atom. The molecule has 1 saturated carbocycles. The zero-order chi connectivity index (χ0) is 19.5. The van der Waals surface area contributed by atoms with Gasteiger partial charge in [0.05, 0.1) is 11.8 Å². The summed E-state index contributed by atoms with van der Waals surface area (Å²) in [7, 11) is 0. The third-order valence-corrected chi connectivity index (χ3v) is 5.79. The number of nitrogens with zero attached hydrogens (tertiary/aromatic N) is 4. The predicted molar refractivity (Wildman–Crippen MR) is 110 cm³/mol. The molecule has 1 atom stereocenters. The van der Waals surface area contributed by atoms with E-state index in [0.717, 1.165) is 34.9 Å². The molecule has 2 heterocycles. The molecule has 1 aliphatic carbocycles. The number of carbonyl (C=O) groups is 1. The summed E-state index contributed by atoms with van der Waals surface area (Å²) in [6.45, 7) is 1.96. The number of pyridine rings is 1. The van der Waals surface area contributed by atoms with Crippen LogP contribution in [0.2, 0.25) is 5.02 Å². The Kier molecular flexibility index (Phi) is 5.64. The van der Waals surface area contributed by atoms with Gasteiger partial charge < -0.3 is 5.32 Å². The molecule has 1 amide bonds. The predicted octanol–water partition coefficient (Wildman–Crippen LogP) is 4.30. The van der Waals surface area contributed by atoms with Crippen molar-refractivity contribution in [3.63, 3.8) is 0 Å². The van der Waals surface area contributed by atoms with Crippen LogP contribution in [0, 0.1) is 0 Å². The second kappa shape index (κ2) is 8.32. The Balaban J connectivity index is 1.41. The van der Waals surface area contributed by atoms with Gasteiger partial charge in [-0.15, -0.1) is 10.2 Å². The summed E-state index contributed by atoms with van der Waals surface area (Å²) in [5.74, 6) is 1.09. The topological polar surface area (TPSA) is 72.7 Å². The fourth-order valence-electron chi connectivity index (χ4n) is 2.98. The molecule has 0 saturated heterocycles. The quantitative estimate of drug-likeness (QED) is 0.584. The van der Waals surface area contributed by atoms with Crippen LogP contribution in [-0.4, -0.2) is 31.4 Å². The molecular formula is C20H20ClN5OS. The van der Waals surface area contributed by atoms with Crippen molar-refractivity contribution < 1.29 is 4.79 Å². The van der Waals surface area contributed by atoms with Gasteiger partial charge in [0.15, 0.2) is 11.0 Å². The Bertz CT molecular complexity index is 956. The Morgan fingerprint density at radius 2 is 1.93 bits per heavy atom. The van der Waals surface area contributed by atoms with E-state index < -0.39 is 0 Å². The Hall–Kier alpha value is -2.38. The number of amides is 1. The summed E-state index contributed by atoms with van der Waals surface area (Å²) in [5.41, 5.74) is 2.01. The molecule has 1 fully saturated rings. The molecular weight excluding hydrogens is 394 g/mol. The highest BCUT2D eigenvalue weighted by Gasteiger charge is 2.30. The van der Waals surface area contributed by atoms with Crippen LogP contribution in [0.15, 0.2) is 53.9 Å². The van der Waals surface area contributed by atoms with E-state index in [1.54, 1.807) is 12.4 Å². The van der Waals surface area contributed by atoms with Crippen molar-refractivity contribution in [3.05, 3.63) is 59.4 Å². The highest BCUT2D eigenvalue weighted by Crippen LogP contribution is 2.40. The van der Waals surface area contributed by atoms with E-state index in [0.29, 0.717) is 16.8 Å². The van der Waals surface area contributed by atoms with Crippen molar-refractivity contribution in [2.24, 2.45) is 0 Å². The summed E-state index contributed by atoms with van der Waals surface area (Å²) in [6.07, 6.45) is 5.73. The molecule has 6 nitrogen and oxygen atoms in total. The summed E-state index contributed by atoms with van der Waals surface area (Å²) < 4.78 is 2.15.